The van der Waals surface area contributed by atoms with Crippen molar-refractivity contribution in [2.24, 2.45) is 11.1 Å². The monoisotopic (exact) mass is 383 g/mol. The van der Waals surface area contributed by atoms with Gasteiger partial charge < -0.3 is 10.6 Å². The number of sulfonamides is 1. The van der Waals surface area contributed by atoms with E-state index in [1.165, 1.54) is 16.4 Å². The number of rotatable bonds is 10. The van der Waals surface area contributed by atoms with E-state index >= 15 is 0 Å². The molecule has 0 aliphatic rings. The Kier molecular flexibility index (Phi) is 8.24. The lowest BCUT2D eigenvalue weighted by Crippen LogP contribution is -2.39. The molecule has 0 aliphatic carbocycles. The van der Waals surface area contributed by atoms with Crippen LogP contribution >= 0.6 is 0 Å². The minimum Gasteiger partial charge on any atom is -0.341 e. The second-order valence-electron chi connectivity index (χ2n) is 7.46. The molecule has 0 radical (unpaired) electrons. The summed E-state index contributed by atoms with van der Waals surface area (Å²) in [5.74, 6) is -0.144. The van der Waals surface area contributed by atoms with Crippen molar-refractivity contribution in [1.82, 2.24) is 9.21 Å². The number of amides is 1. The van der Waals surface area contributed by atoms with E-state index in [1.807, 2.05) is 27.7 Å². The highest BCUT2D eigenvalue weighted by molar-refractivity contribution is 7.89. The summed E-state index contributed by atoms with van der Waals surface area (Å²) in [6, 6.07) is 6.19. The summed E-state index contributed by atoms with van der Waals surface area (Å²) in [6.45, 7) is 9.92. The molecule has 0 aromatic heterocycles. The Hall–Kier alpha value is -1.44. The number of hydrogen-bond acceptors (Lipinski definition) is 4. The molecule has 7 heteroatoms. The normalized spacial score (nSPS) is 12.4. The number of carbonyl (C=O) groups is 1. The lowest BCUT2D eigenvalue weighted by atomic mass is 9.93. The van der Waals surface area contributed by atoms with Crippen LogP contribution in [0, 0.1) is 5.41 Å². The first-order valence-electron chi connectivity index (χ1n) is 9.14. The van der Waals surface area contributed by atoms with Gasteiger partial charge in [-0.05, 0) is 49.1 Å². The first kappa shape index (κ1) is 22.6. The van der Waals surface area contributed by atoms with E-state index in [4.69, 9.17) is 5.73 Å². The van der Waals surface area contributed by atoms with Crippen LogP contribution in [0.4, 0.5) is 0 Å². The molecule has 0 unspecified atom stereocenters. The SMILES string of the molecule is CCCN(CCC)S(=O)(=O)c1ccc(C(=O)N(C)CC(C)(C)CN)cc1. The number of carbonyl (C=O) groups excluding carboxylic acids is 1. The third-order valence-corrected chi connectivity index (χ3v) is 6.16. The minimum atomic E-state index is -3.53. The van der Waals surface area contributed by atoms with Crippen LogP contribution in [-0.4, -0.2) is 56.8 Å². The van der Waals surface area contributed by atoms with Gasteiger partial charge in [-0.3, -0.25) is 4.79 Å². The van der Waals surface area contributed by atoms with Gasteiger partial charge in [0.2, 0.25) is 10.0 Å². The standard InChI is InChI=1S/C19H33N3O3S/c1-6-12-22(13-7-2)26(24,25)17-10-8-16(9-11-17)18(23)21(5)15-19(3,4)14-20/h8-11H,6-7,12-15,20H2,1-5H3. The third-order valence-electron chi connectivity index (χ3n) is 4.25. The second kappa shape index (κ2) is 9.48. The molecule has 1 amide bonds. The molecule has 1 rings (SSSR count). The maximum atomic E-state index is 12.8. The van der Waals surface area contributed by atoms with Gasteiger partial charge >= 0.3 is 0 Å². The molecule has 148 valence electrons. The van der Waals surface area contributed by atoms with Crippen molar-refractivity contribution < 1.29 is 13.2 Å². The minimum absolute atomic E-state index is 0.144. The molecular weight excluding hydrogens is 350 g/mol. The van der Waals surface area contributed by atoms with Crippen molar-refractivity contribution in [2.45, 2.75) is 45.4 Å². The third kappa shape index (κ3) is 5.79. The van der Waals surface area contributed by atoms with E-state index in [0.29, 0.717) is 31.7 Å². The van der Waals surface area contributed by atoms with Crippen LogP contribution in [-0.2, 0) is 10.0 Å². The average Bonchev–Trinajstić information content (AvgIpc) is 2.60. The largest absolute Gasteiger partial charge is 0.341 e. The molecule has 0 heterocycles. The molecule has 0 spiro atoms. The zero-order valence-corrected chi connectivity index (χ0v) is 17.5. The molecule has 0 saturated heterocycles. The Morgan fingerprint density at radius 2 is 1.58 bits per heavy atom. The van der Waals surface area contributed by atoms with Gasteiger partial charge in [0, 0.05) is 32.2 Å². The van der Waals surface area contributed by atoms with Crippen LogP contribution in [0.25, 0.3) is 0 Å². The van der Waals surface area contributed by atoms with Gasteiger partial charge in [0.1, 0.15) is 0 Å². The van der Waals surface area contributed by atoms with Crippen LogP contribution in [0.1, 0.15) is 50.9 Å². The molecule has 1 aromatic carbocycles. The Bertz CT molecular complexity index is 678. The fourth-order valence-corrected chi connectivity index (χ4v) is 4.39. The van der Waals surface area contributed by atoms with Crippen molar-refractivity contribution in [2.75, 3.05) is 33.2 Å². The maximum absolute atomic E-state index is 12.8. The van der Waals surface area contributed by atoms with Crippen molar-refractivity contribution in [1.29, 1.82) is 0 Å². The summed E-state index contributed by atoms with van der Waals surface area (Å²) in [7, 11) is -1.80. The van der Waals surface area contributed by atoms with Gasteiger partial charge in [0.25, 0.3) is 5.91 Å². The van der Waals surface area contributed by atoms with E-state index in [0.717, 1.165) is 12.8 Å². The van der Waals surface area contributed by atoms with E-state index in [2.05, 4.69) is 0 Å². The average molecular weight is 384 g/mol. The zero-order chi connectivity index (χ0) is 20.0. The Balaban J connectivity index is 2.98. The van der Waals surface area contributed by atoms with Crippen molar-refractivity contribution in [3.8, 4) is 0 Å². The highest BCUT2D eigenvalue weighted by atomic mass is 32.2. The maximum Gasteiger partial charge on any atom is 0.253 e. The van der Waals surface area contributed by atoms with E-state index in [9.17, 15) is 13.2 Å². The van der Waals surface area contributed by atoms with Gasteiger partial charge in [-0.15, -0.1) is 0 Å². The smallest absolute Gasteiger partial charge is 0.253 e. The van der Waals surface area contributed by atoms with Gasteiger partial charge in [0.15, 0.2) is 0 Å². The molecule has 0 bridgehead atoms. The summed E-state index contributed by atoms with van der Waals surface area (Å²) in [5.41, 5.74) is 6.03. The van der Waals surface area contributed by atoms with Crippen LogP contribution < -0.4 is 5.73 Å². The van der Waals surface area contributed by atoms with Crippen molar-refractivity contribution in [3.05, 3.63) is 29.8 Å². The van der Waals surface area contributed by atoms with Gasteiger partial charge in [-0.25, -0.2) is 8.42 Å². The zero-order valence-electron chi connectivity index (χ0n) is 16.7. The molecule has 6 nitrogen and oxygen atoms in total. The predicted molar refractivity (Wildman–Crippen MR) is 106 cm³/mol. The predicted octanol–water partition coefficient (Wildman–Crippen LogP) is 2.55. The highest BCUT2D eigenvalue weighted by Crippen LogP contribution is 2.19. The van der Waals surface area contributed by atoms with Crippen molar-refractivity contribution in [3.63, 3.8) is 0 Å². The molecule has 0 atom stereocenters. The van der Waals surface area contributed by atoms with E-state index in [-0.39, 0.29) is 16.2 Å². The number of hydrogen-bond donors (Lipinski definition) is 1. The summed E-state index contributed by atoms with van der Waals surface area (Å²) in [4.78, 5) is 14.4. The lowest BCUT2D eigenvalue weighted by Gasteiger charge is -2.29. The summed E-state index contributed by atoms with van der Waals surface area (Å²) in [5, 5.41) is 0. The second-order valence-corrected chi connectivity index (χ2v) is 9.40. The van der Waals surface area contributed by atoms with Gasteiger partial charge in [0.05, 0.1) is 4.90 Å². The summed E-state index contributed by atoms with van der Waals surface area (Å²) < 4.78 is 27.0. The molecule has 0 fully saturated rings. The van der Waals surface area contributed by atoms with Gasteiger partial charge in [-0.1, -0.05) is 27.7 Å². The van der Waals surface area contributed by atoms with Gasteiger partial charge in [-0.2, -0.15) is 4.31 Å². The molecule has 0 aliphatic heterocycles. The molecule has 26 heavy (non-hydrogen) atoms. The summed E-state index contributed by atoms with van der Waals surface area (Å²) >= 11 is 0. The first-order valence-corrected chi connectivity index (χ1v) is 10.6. The molecule has 0 saturated carbocycles. The van der Waals surface area contributed by atoms with Crippen molar-refractivity contribution >= 4 is 15.9 Å². The molecule has 2 N–H and O–H groups in total. The fourth-order valence-electron chi connectivity index (χ4n) is 2.77. The first-order chi connectivity index (χ1) is 12.1. The number of benzene rings is 1. The fraction of sp³-hybridized carbons (Fsp3) is 0.632. The topological polar surface area (TPSA) is 83.7 Å². The van der Waals surface area contributed by atoms with Crippen LogP contribution in [0.2, 0.25) is 0 Å². The number of nitrogens with zero attached hydrogens (tertiary/aromatic N) is 2. The van der Waals surface area contributed by atoms with Crippen LogP contribution in [0.3, 0.4) is 0 Å². The quantitative estimate of drug-likeness (QED) is 0.673. The lowest BCUT2D eigenvalue weighted by molar-refractivity contribution is 0.0740. The highest BCUT2D eigenvalue weighted by Gasteiger charge is 2.25. The summed E-state index contributed by atoms with van der Waals surface area (Å²) in [6.07, 6.45) is 1.52. The van der Waals surface area contributed by atoms with Crippen LogP contribution in [0.5, 0.6) is 0 Å². The molecule has 1 aromatic rings. The Morgan fingerprint density at radius 3 is 2.00 bits per heavy atom. The van der Waals surface area contributed by atoms with Crippen LogP contribution in [0.15, 0.2) is 29.2 Å². The number of nitrogens with two attached hydrogens (primary N) is 1. The Labute approximate surface area is 158 Å². The van der Waals surface area contributed by atoms with E-state index < -0.39 is 10.0 Å². The molecular formula is C19H33N3O3S. The van der Waals surface area contributed by atoms with E-state index in [1.54, 1.807) is 24.1 Å². The Morgan fingerprint density at radius 1 is 1.08 bits per heavy atom.